The van der Waals surface area contributed by atoms with Crippen LogP contribution in [-0.2, 0) is 12.6 Å². The van der Waals surface area contributed by atoms with Crippen molar-refractivity contribution in [2.24, 2.45) is 0 Å². The highest BCUT2D eigenvalue weighted by Gasteiger charge is 2.39. The Kier molecular flexibility index (Phi) is 7.52. The minimum Gasteiger partial charge on any atom is -0.429 e. The van der Waals surface area contributed by atoms with Crippen molar-refractivity contribution in [2.75, 3.05) is 0 Å². The Morgan fingerprint density at radius 1 is 0.800 bits per heavy atom. The molecule has 0 saturated carbocycles. The van der Waals surface area contributed by atoms with Gasteiger partial charge in [0, 0.05) is 29.3 Å². The summed E-state index contributed by atoms with van der Waals surface area (Å²) in [5.74, 6) is -8.26. The third-order valence-corrected chi connectivity index (χ3v) is 4.93. The highest BCUT2D eigenvalue weighted by molar-refractivity contribution is 5.67. The molecule has 35 heavy (non-hydrogen) atoms. The van der Waals surface area contributed by atoms with E-state index in [2.05, 4.69) is 4.74 Å². The fourth-order valence-electron chi connectivity index (χ4n) is 3.31. The molecule has 0 saturated heterocycles. The van der Waals surface area contributed by atoms with E-state index in [1.54, 1.807) is 24.3 Å². The highest BCUT2D eigenvalue weighted by Crippen LogP contribution is 2.36. The summed E-state index contributed by atoms with van der Waals surface area (Å²) in [4.78, 5) is 0. The van der Waals surface area contributed by atoms with Crippen molar-refractivity contribution in [1.82, 2.24) is 0 Å². The molecule has 1 nitrogen and oxygen atoms in total. The van der Waals surface area contributed by atoms with Crippen LogP contribution >= 0.6 is 0 Å². The van der Waals surface area contributed by atoms with Gasteiger partial charge in [-0.25, -0.2) is 17.6 Å². The number of rotatable bonds is 7. The fraction of sp³-hybridized carbons (Fsp3) is 0.200. The normalized spacial score (nSPS) is 12.4. The van der Waals surface area contributed by atoms with Gasteiger partial charge in [0.2, 0.25) is 0 Å². The van der Waals surface area contributed by atoms with Crippen molar-refractivity contribution in [3.8, 4) is 16.9 Å². The number of benzene rings is 3. The standard InChI is InChI=1S/C25H17F9O/c1-2-3-14-4-6-15(7-5-14)18-9-8-16(22(28)23(18)29)10-11-24(30,31)35-17-12-19(26)21(20(27)13-17)25(32,33)34/h4-13H,2-3H2,1H3/b11-10+. The van der Waals surface area contributed by atoms with Crippen LogP contribution < -0.4 is 4.74 Å². The summed E-state index contributed by atoms with van der Waals surface area (Å²) >= 11 is 0. The van der Waals surface area contributed by atoms with E-state index >= 15 is 0 Å². The topological polar surface area (TPSA) is 9.23 Å². The summed E-state index contributed by atoms with van der Waals surface area (Å²) < 4.78 is 126. The van der Waals surface area contributed by atoms with Crippen LogP contribution in [-0.4, -0.2) is 6.11 Å². The third-order valence-electron chi connectivity index (χ3n) is 4.93. The molecule has 0 spiro atoms. The Labute approximate surface area is 194 Å². The van der Waals surface area contributed by atoms with Crippen molar-refractivity contribution < 1.29 is 44.3 Å². The second kappa shape index (κ2) is 10.1. The van der Waals surface area contributed by atoms with Gasteiger partial charge in [0.1, 0.15) is 22.9 Å². The zero-order valence-electron chi connectivity index (χ0n) is 18.0. The Bertz CT molecular complexity index is 1210. The Morgan fingerprint density at radius 2 is 1.40 bits per heavy atom. The van der Waals surface area contributed by atoms with Gasteiger partial charge in [0.05, 0.1) is 0 Å². The number of halogens is 9. The second-order valence-electron chi connectivity index (χ2n) is 7.53. The van der Waals surface area contributed by atoms with Gasteiger partial charge < -0.3 is 4.74 Å². The largest absolute Gasteiger partial charge is 0.429 e. The number of hydrogen-bond acceptors (Lipinski definition) is 1. The molecule has 0 atom stereocenters. The summed E-state index contributed by atoms with van der Waals surface area (Å²) in [6.45, 7) is 1.99. The van der Waals surface area contributed by atoms with Crippen LogP contribution in [0.4, 0.5) is 39.5 Å². The Hall–Kier alpha value is -3.43. The van der Waals surface area contributed by atoms with Crippen LogP contribution in [0.25, 0.3) is 17.2 Å². The lowest BCUT2D eigenvalue weighted by Gasteiger charge is -2.16. The quantitative estimate of drug-likeness (QED) is 0.293. The maximum absolute atomic E-state index is 14.6. The first-order valence-electron chi connectivity index (χ1n) is 10.2. The first kappa shape index (κ1) is 26.2. The molecule has 0 aliphatic carbocycles. The molecule has 0 N–H and O–H groups in total. The van der Waals surface area contributed by atoms with Gasteiger partial charge in [-0.05, 0) is 23.6 Å². The second-order valence-corrected chi connectivity index (χ2v) is 7.53. The van der Waals surface area contributed by atoms with Gasteiger partial charge in [-0.2, -0.15) is 22.0 Å². The summed E-state index contributed by atoms with van der Waals surface area (Å²) in [7, 11) is 0. The molecule has 3 aromatic rings. The Balaban J connectivity index is 1.82. The van der Waals surface area contributed by atoms with E-state index < -0.39 is 52.4 Å². The maximum Gasteiger partial charge on any atom is 0.422 e. The number of hydrogen-bond donors (Lipinski definition) is 0. The van der Waals surface area contributed by atoms with Crippen molar-refractivity contribution in [3.05, 3.63) is 94.6 Å². The summed E-state index contributed by atoms with van der Waals surface area (Å²) in [5.41, 5.74) is -1.56. The predicted octanol–water partition coefficient (Wildman–Crippen LogP) is 8.57. The molecule has 0 fully saturated rings. The molecule has 0 aliphatic rings. The van der Waals surface area contributed by atoms with E-state index in [4.69, 9.17) is 0 Å². The summed E-state index contributed by atoms with van der Waals surface area (Å²) in [5, 5.41) is 0. The molecule has 3 rings (SSSR count). The van der Waals surface area contributed by atoms with Gasteiger partial charge in [-0.3, -0.25) is 0 Å². The zero-order valence-corrected chi connectivity index (χ0v) is 18.0. The van der Waals surface area contributed by atoms with Crippen molar-refractivity contribution >= 4 is 6.08 Å². The predicted molar refractivity (Wildman–Crippen MR) is 112 cm³/mol. The average molecular weight is 504 g/mol. The highest BCUT2D eigenvalue weighted by atomic mass is 19.4. The fourth-order valence-corrected chi connectivity index (χ4v) is 3.31. The van der Waals surface area contributed by atoms with E-state index in [-0.39, 0.29) is 23.8 Å². The van der Waals surface area contributed by atoms with Gasteiger partial charge in [0.25, 0.3) is 0 Å². The lowest BCUT2D eigenvalue weighted by Crippen LogP contribution is -2.22. The van der Waals surface area contributed by atoms with Gasteiger partial charge >= 0.3 is 12.3 Å². The number of alkyl halides is 5. The van der Waals surface area contributed by atoms with Gasteiger partial charge in [-0.15, -0.1) is 0 Å². The minimum atomic E-state index is -5.39. The SMILES string of the molecule is CCCc1ccc(-c2ccc(/C=C/C(F)(F)Oc3cc(F)c(C(F)(F)F)c(F)c3)c(F)c2F)cc1. The van der Waals surface area contributed by atoms with Crippen LogP contribution in [0.5, 0.6) is 5.75 Å². The molecule has 0 aromatic heterocycles. The lowest BCUT2D eigenvalue weighted by molar-refractivity contribution is -0.143. The van der Waals surface area contributed by atoms with Crippen LogP contribution in [0.2, 0.25) is 0 Å². The van der Waals surface area contributed by atoms with E-state index in [1.165, 1.54) is 6.07 Å². The monoisotopic (exact) mass is 504 g/mol. The van der Waals surface area contributed by atoms with Crippen molar-refractivity contribution in [3.63, 3.8) is 0 Å². The van der Waals surface area contributed by atoms with E-state index in [9.17, 15) is 39.5 Å². The molecule has 0 bridgehead atoms. The van der Waals surface area contributed by atoms with Crippen molar-refractivity contribution in [2.45, 2.75) is 32.1 Å². The third kappa shape index (κ3) is 6.17. The van der Waals surface area contributed by atoms with Crippen LogP contribution in [0.15, 0.2) is 54.6 Å². The molecule has 3 aromatic carbocycles. The van der Waals surface area contributed by atoms with E-state index in [1.807, 2.05) is 6.92 Å². The smallest absolute Gasteiger partial charge is 0.422 e. The maximum atomic E-state index is 14.6. The molecule has 0 heterocycles. The summed E-state index contributed by atoms with van der Waals surface area (Å²) in [6, 6.07) is 8.82. The molecule has 0 unspecified atom stereocenters. The van der Waals surface area contributed by atoms with E-state index in [0.29, 0.717) is 11.6 Å². The zero-order chi connectivity index (χ0) is 26.0. The average Bonchev–Trinajstić information content (AvgIpc) is 2.74. The van der Waals surface area contributed by atoms with Gasteiger partial charge in [0.15, 0.2) is 11.6 Å². The van der Waals surface area contributed by atoms with Crippen molar-refractivity contribution in [1.29, 1.82) is 0 Å². The molecule has 0 aliphatic heterocycles. The number of aryl methyl sites for hydroxylation is 1. The molecule has 10 heteroatoms. The molecule has 0 amide bonds. The first-order valence-corrected chi connectivity index (χ1v) is 10.2. The van der Waals surface area contributed by atoms with Crippen LogP contribution in [0.3, 0.4) is 0 Å². The summed E-state index contributed by atoms with van der Waals surface area (Å²) in [6.07, 6.45) is -7.56. The molecule has 0 radical (unpaired) electrons. The van der Waals surface area contributed by atoms with Crippen LogP contribution in [0.1, 0.15) is 30.0 Å². The lowest BCUT2D eigenvalue weighted by atomic mass is 10.00. The van der Waals surface area contributed by atoms with Crippen LogP contribution in [0, 0.1) is 23.3 Å². The Morgan fingerprint density at radius 3 is 1.94 bits per heavy atom. The first-order chi connectivity index (χ1) is 16.3. The molecular formula is C25H17F9O. The number of ether oxygens (including phenoxy) is 1. The van der Waals surface area contributed by atoms with Gasteiger partial charge in [-0.1, -0.05) is 49.7 Å². The molecule has 186 valence electrons. The molecular weight excluding hydrogens is 487 g/mol. The minimum absolute atomic E-state index is 0.0302. The van der Waals surface area contributed by atoms with E-state index in [0.717, 1.165) is 24.5 Å².